The summed E-state index contributed by atoms with van der Waals surface area (Å²) in [5.74, 6) is 0.732. The van der Waals surface area contributed by atoms with E-state index in [0.717, 1.165) is 5.75 Å². The van der Waals surface area contributed by atoms with E-state index in [9.17, 15) is 4.39 Å². The lowest BCUT2D eigenvalue weighted by Gasteiger charge is -2.19. The molecule has 0 amide bonds. The van der Waals surface area contributed by atoms with Gasteiger partial charge in [-0.05, 0) is 23.1 Å². The Morgan fingerprint density at radius 3 is 2.14 bits per heavy atom. The highest BCUT2D eigenvalue weighted by molar-refractivity contribution is 5.30. The monoisotopic (exact) mass is 196 g/mol. The topological polar surface area (TPSA) is 9.23 Å². The second kappa shape index (κ2) is 4.45. The van der Waals surface area contributed by atoms with E-state index in [1.165, 1.54) is 5.56 Å². The van der Waals surface area contributed by atoms with Crippen LogP contribution >= 0.6 is 0 Å². The van der Waals surface area contributed by atoms with Crippen molar-refractivity contribution in [3.05, 3.63) is 29.8 Å². The van der Waals surface area contributed by atoms with Gasteiger partial charge in [-0.3, -0.25) is 0 Å². The maximum absolute atomic E-state index is 11.8. The SMILES string of the molecule is CC(C)(C)c1ccc(OCCF)cc1. The van der Waals surface area contributed by atoms with Crippen LogP contribution in [0.25, 0.3) is 0 Å². The molecule has 14 heavy (non-hydrogen) atoms. The fourth-order valence-electron chi connectivity index (χ4n) is 1.21. The molecule has 0 bridgehead atoms. The van der Waals surface area contributed by atoms with Crippen molar-refractivity contribution in [2.75, 3.05) is 13.3 Å². The summed E-state index contributed by atoms with van der Waals surface area (Å²) >= 11 is 0. The number of halogens is 1. The molecule has 0 radical (unpaired) electrons. The van der Waals surface area contributed by atoms with Crippen LogP contribution in [0.15, 0.2) is 24.3 Å². The number of hydrogen-bond acceptors (Lipinski definition) is 1. The molecule has 0 saturated heterocycles. The Kier molecular flexibility index (Phi) is 3.50. The molecule has 0 aliphatic rings. The normalized spacial score (nSPS) is 11.4. The molecule has 0 saturated carbocycles. The van der Waals surface area contributed by atoms with E-state index >= 15 is 0 Å². The van der Waals surface area contributed by atoms with Crippen LogP contribution in [0.2, 0.25) is 0 Å². The van der Waals surface area contributed by atoms with Crippen LogP contribution in [-0.2, 0) is 5.41 Å². The van der Waals surface area contributed by atoms with E-state index in [2.05, 4.69) is 20.8 Å². The summed E-state index contributed by atoms with van der Waals surface area (Å²) < 4.78 is 17.0. The number of benzene rings is 1. The Labute approximate surface area is 84.9 Å². The van der Waals surface area contributed by atoms with Gasteiger partial charge >= 0.3 is 0 Å². The van der Waals surface area contributed by atoms with Gasteiger partial charge in [0.15, 0.2) is 0 Å². The van der Waals surface area contributed by atoms with E-state index in [1.54, 1.807) is 0 Å². The Morgan fingerprint density at radius 2 is 1.71 bits per heavy atom. The summed E-state index contributed by atoms with van der Waals surface area (Å²) in [6.45, 7) is 6.16. The lowest BCUT2D eigenvalue weighted by atomic mass is 9.87. The molecule has 0 heterocycles. The molecule has 0 spiro atoms. The summed E-state index contributed by atoms with van der Waals surface area (Å²) in [6.07, 6.45) is 0. The second-order valence-corrected chi connectivity index (χ2v) is 4.31. The first-order chi connectivity index (χ1) is 6.54. The molecule has 0 unspecified atom stereocenters. The first kappa shape index (κ1) is 11.0. The summed E-state index contributed by atoms with van der Waals surface area (Å²) in [5, 5.41) is 0. The summed E-state index contributed by atoms with van der Waals surface area (Å²) in [4.78, 5) is 0. The zero-order valence-electron chi connectivity index (χ0n) is 9.01. The Balaban J connectivity index is 2.69. The van der Waals surface area contributed by atoms with Crippen LogP contribution in [0.1, 0.15) is 26.3 Å². The number of ether oxygens (including phenoxy) is 1. The van der Waals surface area contributed by atoms with Crippen molar-refractivity contribution in [1.29, 1.82) is 0 Å². The molecule has 2 heteroatoms. The minimum Gasteiger partial charge on any atom is -0.491 e. The molecule has 78 valence electrons. The van der Waals surface area contributed by atoms with E-state index in [1.807, 2.05) is 24.3 Å². The van der Waals surface area contributed by atoms with Crippen molar-refractivity contribution in [2.24, 2.45) is 0 Å². The molecular formula is C12H17FO. The van der Waals surface area contributed by atoms with Gasteiger partial charge in [-0.2, -0.15) is 0 Å². The number of rotatable bonds is 3. The molecular weight excluding hydrogens is 179 g/mol. The zero-order valence-corrected chi connectivity index (χ0v) is 9.01. The fourth-order valence-corrected chi connectivity index (χ4v) is 1.21. The first-order valence-corrected chi connectivity index (χ1v) is 4.83. The standard InChI is InChI=1S/C12H17FO/c1-12(2,3)10-4-6-11(7-5-10)14-9-8-13/h4-7H,8-9H2,1-3H3. The molecule has 1 rings (SSSR count). The number of alkyl halides is 1. The van der Waals surface area contributed by atoms with Gasteiger partial charge in [0.2, 0.25) is 0 Å². The molecule has 1 aromatic rings. The van der Waals surface area contributed by atoms with Crippen LogP contribution in [0.5, 0.6) is 5.75 Å². The maximum Gasteiger partial charge on any atom is 0.123 e. The lowest BCUT2D eigenvalue weighted by molar-refractivity contribution is 0.273. The summed E-state index contributed by atoms with van der Waals surface area (Å²) in [7, 11) is 0. The average Bonchev–Trinajstić information content (AvgIpc) is 2.14. The maximum atomic E-state index is 11.8. The van der Waals surface area contributed by atoms with E-state index in [0.29, 0.717) is 0 Å². The third kappa shape index (κ3) is 3.02. The summed E-state index contributed by atoms with van der Waals surface area (Å²) in [6, 6.07) is 7.81. The van der Waals surface area contributed by atoms with Crippen LogP contribution in [0.3, 0.4) is 0 Å². The van der Waals surface area contributed by atoms with Crippen LogP contribution in [-0.4, -0.2) is 13.3 Å². The predicted molar refractivity (Wildman–Crippen MR) is 56.6 cm³/mol. The Hall–Kier alpha value is -1.05. The Morgan fingerprint density at radius 1 is 1.14 bits per heavy atom. The van der Waals surface area contributed by atoms with Crippen molar-refractivity contribution in [2.45, 2.75) is 26.2 Å². The van der Waals surface area contributed by atoms with Crippen LogP contribution in [0.4, 0.5) is 4.39 Å². The third-order valence-corrected chi connectivity index (χ3v) is 2.07. The average molecular weight is 196 g/mol. The van der Waals surface area contributed by atoms with Gasteiger partial charge in [0.25, 0.3) is 0 Å². The minimum absolute atomic E-state index is 0.134. The van der Waals surface area contributed by atoms with Gasteiger partial charge in [0, 0.05) is 0 Å². The molecule has 0 aliphatic heterocycles. The molecule has 1 aromatic carbocycles. The Bertz CT molecular complexity index is 271. The fraction of sp³-hybridized carbons (Fsp3) is 0.500. The minimum atomic E-state index is -0.443. The van der Waals surface area contributed by atoms with Crippen molar-refractivity contribution >= 4 is 0 Å². The van der Waals surface area contributed by atoms with Gasteiger partial charge in [-0.1, -0.05) is 32.9 Å². The molecule has 0 fully saturated rings. The van der Waals surface area contributed by atoms with E-state index < -0.39 is 6.67 Å². The highest BCUT2D eigenvalue weighted by Gasteiger charge is 2.12. The van der Waals surface area contributed by atoms with Crippen molar-refractivity contribution in [3.63, 3.8) is 0 Å². The predicted octanol–water partition coefficient (Wildman–Crippen LogP) is 3.33. The van der Waals surface area contributed by atoms with Crippen molar-refractivity contribution in [3.8, 4) is 5.75 Å². The second-order valence-electron chi connectivity index (χ2n) is 4.31. The molecule has 0 atom stereocenters. The highest BCUT2D eigenvalue weighted by atomic mass is 19.1. The molecule has 1 nitrogen and oxygen atoms in total. The largest absolute Gasteiger partial charge is 0.491 e. The van der Waals surface area contributed by atoms with E-state index in [-0.39, 0.29) is 12.0 Å². The van der Waals surface area contributed by atoms with Gasteiger partial charge < -0.3 is 4.74 Å². The highest BCUT2D eigenvalue weighted by Crippen LogP contribution is 2.24. The summed E-state index contributed by atoms with van der Waals surface area (Å²) in [5.41, 5.74) is 1.41. The first-order valence-electron chi connectivity index (χ1n) is 4.83. The van der Waals surface area contributed by atoms with Gasteiger partial charge in [0.05, 0.1) is 0 Å². The van der Waals surface area contributed by atoms with Crippen molar-refractivity contribution < 1.29 is 9.13 Å². The van der Waals surface area contributed by atoms with E-state index in [4.69, 9.17) is 4.74 Å². The molecule has 0 aromatic heterocycles. The van der Waals surface area contributed by atoms with Crippen molar-refractivity contribution in [1.82, 2.24) is 0 Å². The quantitative estimate of drug-likeness (QED) is 0.720. The van der Waals surface area contributed by atoms with Gasteiger partial charge in [-0.25, -0.2) is 4.39 Å². The van der Waals surface area contributed by atoms with Gasteiger partial charge in [-0.15, -0.1) is 0 Å². The third-order valence-electron chi connectivity index (χ3n) is 2.07. The number of hydrogen-bond donors (Lipinski definition) is 0. The lowest BCUT2D eigenvalue weighted by Crippen LogP contribution is -2.10. The smallest absolute Gasteiger partial charge is 0.123 e. The molecule has 0 aliphatic carbocycles. The van der Waals surface area contributed by atoms with Gasteiger partial charge in [0.1, 0.15) is 19.0 Å². The zero-order chi connectivity index (χ0) is 10.6. The molecule has 0 N–H and O–H groups in total. The van der Waals surface area contributed by atoms with Crippen LogP contribution in [0, 0.1) is 0 Å². The van der Waals surface area contributed by atoms with Crippen LogP contribution < -0.4 is 4.74 Å².